The molecule has 3 rings (SSSR count). The zero-order valence-electron chi connectivity index (χ0n) is 14.2. The number of phenolic OH excluding ortho intramolecular Hbond substituents is 1. The topological polar surface area (TPSA) is 64.1 Å². The lowest BCUT2D eigenvalue weighted by atomic mass is 9.94. The Balaban J connectivity index is 1.59. The number of nitrogens with zero attached hydrogens (tertiary/aromatic N) is 3. The molecule has 6 nitrogen and oxygen atoms in total. The average Bonchev–Trinajstić information content (AvgIpc) is 2.60. The fraction of sp³-hybridized carbons (Fsp3) is 0.556. The van der Waals surface area contributed by atoms with Gasteiger partial charge in [-0.15, -0.1) is 0 Å². The van der Waals surface area contributed by atoms with Gasteiger partial charge >= 0.3 is 0 Å². The minimum absolute atomic E-state index is 0.00418. The van der Waals surface area contributed by atoms with Crippen LogP contribution in [0.1, 0.15) is 27.9 Å². The number of phenols is 1. The highest BCUT2D eigenvalue weighted by atomic mass is 16.3. The molecule has 1 fully saturated rings. The molecule has 0 saturated carbocycles. The Hall–Kier alpha value is -1.92. The molecule has 2 aliphatic heterocycles. The van der Waals surface area contributed by atoms with Gasteiger partial charge in [-0.2, -0.15) is 0 Å². The molecule has 0 aliphatic carbocycles. The highest BCUT2D eigenvalue weighted by Crippen LogP contribution is 2.28. The Bertz CT molecular complexity index is 624. The molecule has 0 spiro atoms. The summed E-state index contributed by atoms with van der Waals surface area (Å²) in [5.41, 5.74) is 2.17. The number of benzene rings is 1. The van der Waals surface area contributed by atoms with Gasteiger partial charge < -0.3 is 19.8 Å². The van der Waals surface area contributed by atoms with Gasteiger partial charge in [0, 0.05) is 52.2 Å². The molecule has 130 valence electrons. The summed E-state index contributed by atoms with van der Waals surface area (Å²) in [6, 6.07) is 3.41. The largest absolute Gasteiger partial charge is 0.507 e. The van der Waals surface area contributed by atoms with Crippen LogP contribution in [0.25, 0.3) is 0 Å². The lowest BCUT2D eigenvalue weighted by Crippen LogP contribution is -2.46. The van der Waals surface area contributed by atoms with Gasteiger partial charge in [0.1, 0.15) is 5.75 Å². The molecule has 2 heterocycles. The van der Waals surface area contributed by atoms with Crippen molar-refractivity contribution in [2.75, 3.05) is 46.3 Å². The molecule has 0 atom stereocenters. The van der Waals surface area contributed by atoms with Crippen LogP contribution in [0.4, 0.5) is 0 Å². The lowest BCUT2D eigenvalue weighted by Gasteiger charge is -2.33. The van der Waals surface area contributed by atoms with Crippen molar-refractivity contribution >= 4 is 12.2 Å². The molecule has 24 heavy (non-hydrogen) atoms. The first-order valence-electron chi connectivity index (χ1n) is 8.56. The second kappa shape index (κ2) is 7.32. The van der Waals surface area contributed by atoms with Crippen LogP contribution in [0.2, 0.25) is 0 Å². The van der Waals surface area contributed by atoms with E-state index in [1.807, 2.05) is 11.0 Å². The van der Waals surface area contributed by atoms with Crippen LogP contribution in [0.5, 0.6) is 5.75 Å². The van der Waals surface area contributed by atoms with Crippen LogP contribution in [0, 0.1) is 0 Å². The van der Waals surface area contributed by atoms with Gasteiger partial charge in [-0.1, -0.05) is 6.07 Å². The predicted molar refractivity (Wildman–Crippen MR) is 91.2 cm³/mol. The Kier molecular flexibility index (Phi) is 5.16. The van der Waals surface area contributed by atoms with Gasteiger partial charge in [0.2, 0.25) is 5.91 Å². The van der Waals surface area contributed by atoms with E-state index in [9.17, 15) is 14.7 Å². The minimum Gasteiger partial charge on any atom is -0.507 e. The van der Waals surface area contributed by atoms with E-state index in [1.165, 1.54) is 0 Å². The van der Waals surface area contributed by atoms with Crippen molar-refractivity contribution < 1.29 is 14.7 Å². The number of piperazine rings is 1. The number of likely N-dealkylation sites (N-methyl/N-ethyl adjacent to an activating group) is 1. The first-order chi connectivity index (χ1) is 11.6. The van der Waals surface area contributed by atoms with Gasteiger partial charge in [-0.05, 0) is 30.7 Å². The van der Waals surface area contributed by atoms with Gasteiger partial charge in [0.25, 0.3) is 0 Å². The Morgan fingerprint density at radius 1 is 1.21 bits per heavy atom. The summed E-state index contributed by atoms with van der Waals surface area (Å²) in [5.74, 6) is 0.121. The van der Waals surface area contributed by atoms with Crippen LogP contribution >= 0.6 is 0 Å². The predicted octanol–water partition coefficient (Wildman–Crippen LogP) is 0.727. The number of carbonyl (C=O) groups excluding carboxylic acids is 2. The first-order valence-corrected chi connectivity index (χ1v) is 8.56. The van der Waals surface area contributed by atoms with Gasteiger partial charge in [-0.3, -0.25) is 9.59 Å². The second-order valence-electron chi connectivity index (χ2n) is 6.71. The van der Waals surface area contributed by atoms with Crippen LogP contribution < -0.4 is 0 Å². The van der Waals surface area contributed by atoms with E-state index in [0.717, 1.165) is 50.3 Å². The van der Waals surface area contributed by atoms with Crippen molar-refractivity contribution in [1.29, 1.82) is 0 Å². The van der Waals surface area contributed by atoms with Crippen LogP contribution in [0.3, 0.4) is 0 Å². The smallest absolute Gasteiger partial charge is 0.224 e. The van der Waals surface area contributed by atoms with Crippen molar-refractivity contribution in [3.8, 4) is 5.75 Å². The van der Waals surface area contributed by atoms with Crippen molar-refractivity contribution in [3.05, 3.63) is 28.8 Å². The van der Waals surface area contributed by atoms with E-state index in [1.54, 1.807) is 6.07 Å². The van der Waals surface area contributed by atoms with E-state index < -0.39 is 0 Å². The molecule has 0 bridgehead atoms. The van der Waals surface area contributed by atoms with Gasteiger partial charge in [-0.25, -0.2) is 0 Å². The van der Waals surface area contributed by atoms with E-state index in [0.29, 0.717) is 31.4 Å². The maximum absolute atomic E-state index is 12.5. The van der Waals surface area contributed by atoms with Crippen molar-refractivity contribution in [2.45, 2.75) is 19.4 Å². The number of carbonyl (C=O) groups is 2. The third-order valence-corrected chi connectivity index (χ3v) is 5.14. The standard InChI is InChI=1S/C18H25N3O3/c1-19-8-10-20(11-9-19)6-5-18(24)21-7-4-14-2-3-17(23)16(13-22)15(14)12-21/h2-3,13,23H,4-12H2,1H3. The Labute approximate surface area is 142 Å². The van der Waals surface area contributed by atoms with Crippen molar-refractivity contribution in [2.24, 2.45) is 0 Å². The van der Waals surface area contributed by atoms with E-state index in [2.05, 4.69) is 16.8 Å². The van der Waals surface area contributed by atoms with Gasteiger partial charge in [0.15, 0.2) is 6.29 Å². The van der Waals surface area contributed by atoms with Crippen molar-refractivity contribution in [3.63, 3.8) is 0 Å². The summed E-state index contributed by atoms with van der Waals surface area (Å²) >= 11 is 0. The minimum atomic E-state index is -0.00418. The zero-order chi connectivity index (χ0) is 17.1. The van der Waals surface area contributed by atoms with E-state index >= 15 is 0 Å². The molecule has 0 radical (unpaired) electrons. The Morgan fingerprint density at radius 2 is 1.96 bits per heavy atom. The summed E-state index contributed by atoms with van der Waals surface area (Å²) in [4.78, 5) is 30.2. The average molecular weight is 331 g/mol. The molecule has 6 heteroatoms. The molecule has 0 aromatic heterocycles. The monoisotopic (exact) mass is 331 g/mol. The number of fused-ring (bicyclic) bond motifs is 1. The van der Waals surface area contributed by atoms with Crippen LogP contribution in [0.15, 0.2) is 12.1 Å². The summed E-state index contributed by atoms with van der Waals surface area (Å²) in [5, 5.41) is 9.84. The molecule has 2 aliphatic rings. The molecule has 0 unspecified atom stereocenters. The number of aldehydes is 1. The molecular formula is C18H25N3O3. The number of rotatable bonds is 4. The molecule has 1 N–H and O–H groups in total. The van der Waals surface area contributed by atoms with Crippen molar-refractivity contribution in [1.82, 2.24) is 14.7 Å². The summed E-state index contributed by atoms with van der Waals surface area (Å²) in [6.45, 7) is 6.00. The van der Waals surface area contributed by atoms with E-state index in [4.69, 9.17) is 0 Å². The molecule has 1 saturated heterocycles. The third kappa shape index (κ3) is 3.60. The quantitative estimate of drug-likeness (QED) is 0.824. The maximum Gasteiger partial charge on any atom is 0.224 e. The summed E-state index contributed by atoms with van der Waals surface area (Å²) < 4.78 is 0. The fourth-order valence-corrected chi connectivity index (χ4v) is 3.47. The van der Waals surface area contributed by atoms with Crippen LogP contribution in [-0.2, 0) is 17.8 Å². The SMILES string of the molecule is CN1CCN(CCC(=O)N2CCc3ccc(O)c(C=O)c3C2)CC1. The number of amides is 1. The maximum atomic E-state index is 12.5. The Morgan fingerprint density at radius 3 is 2.67 bits per heavy atom. The fourth-order valence-electron chi connectivity index (χ4n) is 3.47. The molecule has 1 amide bonds. The molecule has 1 aromatic rings. The number of aromatic hydroxyl groups is 1. The first kappa shape index (κ1) is 16.9. The van der Waals surface area contributed by atoms with Crippen LogP contribution in [-0.4, -0.2) is 78.3 Å². The van der Waals surface area contributed by atoms with Gasteiger partial charge in [0.05, 0.1) is 5.56 Å². The molecule has 1 aromatic carbocycles. The lowest BCUT2D eigenvalue weighted by molar-refractivity contribution is -0.132. The third-order valence-electron chi connectivity index (χ3n) is 5.14. The summed E-state index contributed by atoms with van der Waals surface area (Å²) in [6.07, 6.45) is 1.93. The highest BCUT2D eigenvalue weighted by Gasteiger charge is 2.24. The number of hydrogen-bond acceptors (Lipinski definition) is 5. The normalized spacial score (nSPS) is 19.1. The zero-order valence-corrected chi connectivity index (χ0v) is 14.2. The molecular weight excluding hydrogens is 306 g/mol. The summed E-state index contributed by atoms with van der Waals surface area (Å²) in [7, 11) is 2.12. The van der Waals surface area contributed by atoms with E-state index in [-0.39, 0.29) is 11.7 Å². The second-order valence-corrected chi connectivity index (χ2v) is 6.71. The highest BCUT2D eigenvalue weighted by molar-refractivity contribution is 5.83. The number of hydrogen-bond donors (Lipinski definition) is 1.